The van der Waals surface area contributed by atoms with Crippen LogP contribution in [0.5, 0.6) is 0 Å². The lowest BCUT2D eigenvalue weighted by Crippen LogP contribution is -2.30. The van der Waals surface area contributed by atoms with Gasteiger partial charge >= 0.3 is 0 Å². The maximum Gasteiger partial charge on any atom is 0.251 e. The maximum absolute atomic E-state index is 12.3. The van der Waals surface area contributed by atoms with Crippen LogP contribution in [-0.2, 0) is 10.0 Å². The summed E-state index contributed by atoms with van der Waals surface area (Å²) in [5, 5.41) is 8.07. The number of benzene rings is 1. The molecule has 1 aromatic rings. The van der Waals surface area contributed by atoms with Gasteiger partial charge in [0.1, 0.15) is 0 Å². The number of hydrogen-bond acceptors (Lipinski definition) is 4. The van der Waals surface area contributed by atoms with Crippen LogP contribution >= 0.6 is 0 Å². The summed E-state index contributed by atoms with van der Waals surface area (Å²) in [5.41, 5.74) is 2.79. The number of nitrogens with one attached hydrogen (secondary N) is 1. The Morgan fingerprint density at radius 3 is 2.61 bits per heavy atom. The van der Waals surface area contributed by atoms with Crippen LogP contribution in [-0.4, -0.2) is 45.9 Å². The second-order valence-corrected chi connectivity index (χ2v) is 7.55. The Kier molecular flexibility index (Phi) is 5.23. The molecule has 0 saturated heterocycles. The molecule has 0 saturated carbocycles. The first-order valence-electron chi connectivity index (χ1n) is 7.47. The Hall–Kier alpha value is -1.70. The van der Waals surface area contributed by atoms with Gasteiger partial charge in [-0.25, -0.2) is 13.6 Å². The van der Waals surface area contributed by atoms with Gasteiger partial charge in [-0.05, 0) is 50.6 Å². The van der Waals surface area contributed by atoms with E-state index in [-0.39, 0.29) is 10.8 Å². The van der Waals surface area contributed by atoms with Gasteiger partial charge in [0.05, 0.1) is 4.90 Å². The monoisotopic (exact) mass is 337 g/mol. The molecular weight excluding hydrogens is 314 g/mol. The Bertz CT molecular complexity index is 754. The smallest absolute Gasteiger partial charge is 0.251 e. The molecule has 0 spiro atoms. The number of aryl methyl sites for hydroxylation is 1. The van der Waals surface area contributed by atoms with Crippen LogP contribution < -0.4 is 10.5 Å². The fourth-order valence-electron chi connectivity index (χ4n) is 2.52. The molecule has 0 aromatic heterocycles. The number of carbonyl (C=O) groups is 1. The summed E-state index contributed by atoms with van der Waals surface area (Å²) in [7, 11) is -1.80. The van der Waals surface area contributed by atoms with Gasteiger partial charge in [0.2, 0.25) is 10.0 Å². The van der Waals surface area contributed by atoms with Crippen molar-refractivity contribution in [3.05, 3.63) is 40.5 Å². The standard InChI is InChI=1S/C16H23N3O3S/c1-11-8-14(9-15(12(11)2)23(17,21)22)16(20)18-10-13-4-6-19(3)7-5-13/h4,8-9H,5-7,10H2,1-3H3,(H,18,20)(H2,17,21,22). The lowest BCUT2D eigenvalue weighted by atomic mass is 10.1. The van der Waals surface area contributed by atoms with E-state index >= 15 is 0 Å². The van der Waals surface area contributed by atoms with Crippen molar-refractivity contribution in [1.29, 1.82) is 0 Å². The molecule has 0 fully saturated rings. The summed E-state index contributed by atoms with van der Waals surface area (Å²) in [6, 6.07) is 3.03. The molecule has 1 heterocycles. The van der Waals surface area contributed by atoms with E-state index in [2.05, 4.69) is 23.3 Å². The SMILES string of the molecule is Cc1cc(C(=O)NCC2=CCN(C)CC2)cc(S(N)(=O)=O)c1C. The van der Waals surface area contributed by atoms with Crippen LogP contribution in [0.3, 0.4) is 0 Å². The number of sulfonamides is 1. The van der Waals surface area contributed by atoms with E-state index in [1.807, 2.05) is 0 Å². The molecule has 0 unspecified atom stereocenters. The minimum Gasteiger partial charge on any atom is -0.348 e. The first kappa shape index (κ1) is 17.7. The molecule has 1 aliphatic rings. The molecular formula is C16H23N3O3S. The van der Waals surface area contributed by atoms with Crippen molar-refractivity contribution in [2.75, 3.05) is 26.7 Å². The average molecular weight is 337 g/mol. The number of amides is 1. The molecule has 1 amide bonds. The highest BCUT2D eigenvalue weighted by atomic mass is 32.2. The fourth-order valence-corrected chi connectivity index (χ4v) is 3.40. The van der Waals surface area contributed by atoms with Gasteiger partial charge in [0.25, 0.3) is 5.91 Å². The summed E-state index contributed by atoms with van der Waals surface area (Å²) in [5.74, 6) is -0.294. The minimum absolute atomic E-state index is 0.00107. The van der Waals surface area contributed by atoms with Gasteiger partial charge in [-0.1, -0.05) is 11.6 Å². The molecule has 3 N–H and O–H groups in total. The number of carbonyl (C=O) groups excluding carboxylic acids is 1. The summed E-state index contributed by atoms with van der Waals surface area (Å²) in [6.07, 6.45) is 3.03. The molecule has 1 aliphatic heterocycles. The van der Waals surface area contributed by atoms with Crippen LogP contribution in [0.4, 0.5) is 0 Å². The summed E-state index contributed by atoms with van der Waals surface area (Å²) in [6.45, 7) is 5.77. The van der Waals surface area contributed by atoms with E-state index in [4.69, 9.17) is 5.14 Å². The van der Waals surface area contributed by atoms with Gasteiger partial charge in [0, 0.05) is 25.2 Å². The lowest BCUT2D eigenvalue weighted by Gasteiger charge is -2.22. The van der Waals surface area contributed by atoms with Crippen LogP contribution in [0.2, 0.25) is 0 Å². The van der Waals surface area contributed by atoms with Crippen molar-refractivity contribution in [2.45, 2.75) is 25.2 Å². The number of nitrogens with zero attached hydrogens (tertiary/aromatic N) is 1. The van der Waals surface area contributed by atoms with Crippen LogP contribution in [0.1, 0.15) is 27.9 Å². The van der Waals surface area contributed by atoms with E-state index in [1.165, 1.54) is 11.6 Å². The number of likely N-dealkylation sites (N-methyl/N-ethyl adjacent to an activating group) is 1. The number of primary sulfonamides is 1. The highest BCUT2D eigenvalue weighted by Gasteiger charge is 2.18. The molecule has 0 atom stereocenters. The van der Waals surface area contributed by atoms with E-state index < -0.39 is 10.0 Å². The third-order valence-corrected chi connectivity index (χ3v) is 5.21. The zero-order chi connectivity index (χ0) is 17.2. The van der Waals surface area contributed by atoms with E-state index in [1.54, 1.807) is 19.9 Å². The predicted octanol–water partition coefficient (Wildman–Crippen LogP) is 0.943. The normalized spacial score (nSPS) is 16.1. The second-order valence-electron chi connectivity index (χ2n) is 6.02. The van der Waals surface area contributed by atoms with Crippen molar-refractivity contribution in [3.63, 3.8) is 0 Å². The van der Waals surface area contributed by atoms with Crippen LogP contribution in [0.25, 0.3) is 0 Å². The van der Waals surface area contributed by atoms with Crippen molar-refractivity contribution in [1.82, 2.24) is 10.2 Å². The first-order chi connectivity index (χ1) is 10.7. The summed E-state index contributed by atoms with van der Waals surface area (Å²) >= 11 is 0. The average Bonchev–Trinajstić information content (AvgIpc) is 2.47. The van der Waals surface area contributed by atoms with Crippen molar-refractivity contribution in [2.24, 2.45) is 5.14 Å². The zero-order valence-electron chi connectivity index (χ0n) is 13.7. The molecule has 0 radical (unpaired) electrons. The number of hydrogen-bond donors (Lipinski definition) is 2. The van der Waals surface area contributed by atoms with Gasteiger partial charge in [-0.3, -0.25) is 4.79 Å². The molecule has 7 heteroatoms. The third-order valence-electron chi connectivity index (χ3n) is 4.17. The molecule has 0 bridgehead atoms. The predicted molar refractivity (Wildman–Crippen MR) is 89.8 cm³/mol. The van der Waals surface area contributed by atoms with E-state index in [9.17, 15) is 13.2 Å². The Labute approximate surface area is 137 Å². The van der Waals surface area contributed by atoms with Crippen LogP contribution in [0.15, 0.2) is 28.7 Å². The van der Waals surface area contributed by atoms with Crippen LogP contribution in [0, 0.1) is 13.8 Å². The summed E-state index contributed by atoms with van der Waals surface area (Å²) < 4.78 is 23.3. The fraction of sp³-hybridized carbons (Fsp3) is 0.438. The lowest BCUT2D eigenvalue weighted by molar-refractivity contribution is 0.0956. The minimum atomic E-state index is -3.85. The topological polar surface area (TPSA) is 92.5 Å². The largest absolute Gasteiger partial charge is 0.348 e. The molecule has 6 nitrogen and oxygen atoms in total. The molecule has 0 aliphatic carbocycles. The van der Waals surface area contributed by atoms with Crippen molar-refractivity contribution < 1.29 is 13.2 Å². The Morgan fingerprint density at radius 2 is 2.04 bits per heavy atom. The van der Waals surface area contributed by atoms with Gasteiger partial charge in [-0.2, -0.15) is 0 Å². The number of rotatable bonds is 4. The quantitative estimate of drug-likeness (QED) is 0.800. The van der Waals surface area contributed by atoms with Gasteiger partial charge < -0.3 is 10.2 Å². The van der Waals surface area contributed by atoms with E-state index in [0.29, 0.717) is 17.7 Å². The van der Waals surface area contributed by atoms with Gasteiger partial charge in [-0.15, -0.1) is 0 Å². The Morgan fingerprint density at radius 1 is 1.35 bits per heavy atom. The molecule has 1 aromatic carbocycles. The first-order valence-corrected chi connectivity index (χ1v) is 9.02. The molecule has 2 rings (SSSR count). The molecule has 126 valence electrons. The van der Waals surface area contributed by atoms with E-state index in [0.717, 1.165) is 25.1 Å². The Balaban J connectivity index is 2.15. The van der Waals surface area contributed by atoms with Crippen molar-refractivity contribution >= 4 is 15.9 Å². The highest BCUT2D eigenvalue weighted by molar-refractivity contribution is 7.89. The number of nitrogens with two attached hydrogens (primary N) is 1. The maximum atomic E-state index is 12.3. The second kappa shape index (κ2) is 6.82. The molecule has 23 heavy (non-hydrogen) atoms. The summed E-state index contributed by atoms with van der Waals surface area (Å²) in [4.78, 5) is 14.5. The zero-order valence-corrected chi connectivity index (χ0v) is 14.5. The highest BCUT2D eigenvalue weighted by Crippen LogP contribution is 2.20. The third kappa shape index (κ3) is 4.40. The van der Waals surface area contributed by atoms with Crippen molar-refractivity contribution in [3.8, 4) is 0 Å². The van der Waals surface area contributed by atoms with Gasteiger partial charge in [0.15, 0.2) is 0 Å².